The van der Waals surface area contributed by atoms with Gasteiger partial charge in [0.05, 0.1) is 7.05 Å². The molecule has 0 spiro atoms. The lowest BCUT2D eigenvalue weighted by atomic mass is 10.1. The molecule has 95 valence electrons. The predicted octanol–water partition coefficient (Wildman–Crippen LogP) is 3.05. The van der Waals surface area contributed by atoms with E-state index in [1.54, 1.807) is 4.68 Å². The van der Waals surface area contributed by atoms with Crippen LogP contribution in [0.5, 0.6) is 0 Å². The Balaban J connectivity index is 1.94. The van der Waals surface area contributed by atoms with Gasteiger partial charge in [-0.1, -0.05) is 43.7 Å². The van der Waals surface area contributed by atoms with Gasteiger partial charge >= 0.3 is 0 Å². The molecule has 0 saturated carbocycles. The third kappa shape index (κ3) is 3.42. The van der Waals surface area contributed by atoms with Crippen LogP contribution in [0.3, 0.4) is 0 Å². The Kier molecular flexibility index (Phi) is 4.51. The lowest BCUT2D eigenvalue weighted by molar-refractivity contribution is 0.710. The maximum Gasteiger partial charge on any atom is 0.151 e. The number of nitrogens with zero attached hydrogens (tertiary/aromatic N) is 3. The topological polar surface area (TPSA) is 30.7 Å². The van der Waals surface area contributed by atoms with E-state index in [4.69, 9.17) is 0 Å². The molecule has 0 unspecified atom stereocenters. The highest BCUT2D eigenvalue weighted by molar-refractivity contribution is 5.15. The van der Waals surface area contributed by atoms with Crippen molar-refractivity contribution in [3.05, 3.63) is 54.6 Å². The SMILES string of the molecule is [CH2]n1nc(CCc2ccccc2)nc1CCCC. The van der Waals surface area contributed by atoms with Crippen LogP contribution in [0, 0.1) is 7.05 Å². The standard InChI is InChI=1S/C15H20N3/c1-3-4-10-15-16-14(17-18(15)2)12-11-13-8-6-5-7-9-13/h5-9H,2-4,10-12H2,1H3. The van der Waals surface area contributed by atoms with E-state index < -0.39 is 0 Å². The van der Waals surface area contributed by atoms with Crippen LogP contribution < -0.4 is 0 Å². The quantitative estimate of drug-likeness (QED) is 0.779. The summed E-state index contributed by atoms with van der Waals surface area (Å²) in [5, 5.41) is 4.37. The summed E-state index contributed by atoms with van der Waals surface area (Å²) >= 11 is 0. The van der Waals surface area contributed by atoms with E-state index in [-0.39, 0.29) is 0 Å². The summed E-state index contributed by atoms with van der Waals surface area (Å²) in [6.45, 7) is 2.18. The summed E-state index contributed by atoms with van der Waals surface area (Å²) in [6, 6.07) is 10.4. The fraction of sp³-hybridized carbons (Fsp3) is 0.400. The van der Waals surface area contributed by atoms with Crippen LogP contribution in [0.15, 0.2) is 30.3 Å². The van der Waals surface area contributed by atoms with E-state index in [0.717, 1.165) is 37.3 Å². The van der Waals surface area contributed by atoms with Crippen LogP contribution in [0.1, 0.15) is 37.0 Å². The number of aromatic nitrogens is 3. The van der Waals surface area contributed by atoms with Gasteiger partial charge in [-0.15, -0.1) is 0 Å². The molecule has 0 bridgehead atoms. The van der Waals surface area contributed by atoms with Crippen LogP contribution >= 0.6 is 0 Å². The van der Waals surface area contributed by atoms with Crippen molar-refractivity contribution in [2.45, 2.75) is 39.0 Å². The maximum atomic E-state index is 4.55. The van der Waals surface area contributed by atoms with Crippen LogP contribution in [0.2, 0.25) is 0 Å². The smallest absolute Gasteiger partial charge is 0.151 e. The minimum absolute atomic E-state index is 0.881. The average Bonchev–Trinajstić information content (AvgIpc) is 2.76. The van der Waals surface area contributed by atoms with Gasteiger partial charge in [0.1, 0.15) is 5.82 Å². The molecule has 3 nitrogen and oxygen atoms in total. The first-order valence-electron chi connectivity index (χ1n) is 6.59. The van der Waals surface area contributed by atoms with Gasteiger partial charge in [-0.2, -0.15) is 5.10 Å². The Morgan fingerprint density at radius 2 is 1.89 bits per heavy atom. The van der Waals surface area contributed by atoms with E-state index in [9.17, 15) is 0 Å². The molecule has 0 aliphatic carbocycles. The molecule has 0 fully saturated rings. The van der Waals surface area contributed by atoms with E-state index >= 15 is 0 Å². The minimum Gasteiger partial charge on any atom is -0.248 e. The molecular weight excluding hydrogens is 222 g/mol. The number of hydrogen-bond donors (Lipinski definition) is 0. The zero-order valence-electron chi connectivity index (χ0n) is 11.0. The summed E-state index contributed by atoms with van der Waals surface area (Å²) < 4.78 is 1.68. The van der Waals surface area contributed by atoms with Crippen molar-refractivity contribution >= 4 is 0 Å². The van der Waals surface area contributed by atoms with E-state index in [1.807, 2.05) is 6.07 Å². The second-order valence-electron chi connectivity index (χ2n) is 4.53. The molecule has 1 aromatic heterocycles. The number of unbranched alkanes of at least 4 members (excludes halogenated alkanes) is 1. The molecule has 0 aliphatic heterocycles. The molecule has 0 aliphatic rings. The van der Waals surface area contributed by atoms with Gasteiger partial charge < -0.3 is 0 Å². The van der Waals surface area contributed by atoms with Gasteiger partial charge in [-0.05, 0) is 18.4 Å². The van der Waals surface area contributed by atoms with Gasteiger partial charge in [-0.25, -0.2) is 9.67 Å². The summed E-state index contributed by atoms with van der Waals surface area (Å²) in [5.41, 5.74) is 1.33. The van der Waals surface area contributed by atoms with Gasteiger partial charge in [0.15, 0.2) is 5.82 Å². The molecule has 2 rings (SSSR count). The molecule has 0 N–H and O–H groups in total. The van der Waals surface area contributed by atoms with Crippen LogP contribution in [0.25, 0.3) is 0 Å². The monoisotopic (exact) mass is 242 g/mol. The van der Waals surface area contributed by atoms with E-state index in [1.165, 1.54) is 12.0 Å². The number of aryl methyl sites for hydroxylation is 3. The summed E-state index contributed by atoms with van der Waals surface area (Å²) in [6.07, 6.45) is 5.15. The highest BCUT2D eigenvalue weighted by Crippen LogP contribution is 2.07. The average molecular weight is 242 g/mol. The fourth-order valence-corrected chi connectivity index (χ4v) is 1.95. The fourth-order valence-electron chi connectivity index (χ4n) is 1.95. The Labute approximate surface area is 109 Å². The molecule has 1 radical (unpaired) electrons. The highest BCUT2D eigenvalue weighted by Gasteiger charge is 2.06. The van der Waals surface area contributed by atoms with Crippen molar-refractivity contribution < 1.29 is 0 Å². The Morgan fingerprint density at radius 3 is 2.61 bits per heavy atom. The van der Waals surface area contributed by atoms with Crippen molar-refractivity contribution in [1.82, 2.24) is 14.8 Å². The van der Waals surface area contributed by atoms with Crippen molar-refractivity contribution in [2.24, 2.45) is 0 Å². The first kappa shape index (κ1) is 12.8. The lowest BCUT2D eigenvalue weighted by Gasteiger charge is -1.97. The summed E-state index contributed by atoms with van der Waals surface area (Å²) in [7, 11) is 3.89. The molecule has 0 amide bonds. The van der Waals surface area contributed by atoms with E-state index in [0.29, 0.717) is 0 Å². The number of benzene rings is 1. The zero-order valence-corrected chi connectivity index (χ0v) is 11.0. The Morgan fingerprint density at radius 1 is 1.11 bits per heavy atom. The molecule has 18 heavy (non-hydrogen) atoms. The molecule has 1 aromatic carbocycles. The van der Waals surface area contributed by atoms with Crippen LogP contribution in [-0.2, 0) is 19.3 Å². The third-order valence-electron chi connectivity index (χ3n) is 3.03. The number of hydrogen-bond acceptors (Lipinski definition) is 2. The molecule has 0 saturated heterocycles. The van der Waals surface area contributed by atoms with Crippen molar-refractivity contribution in [1.29, 1.82) is 0 Å². The van der Waals surface area contributed by atoms with Crippen LogP contribution in [0.4, 0.5) is 0 Å². The minimum atomic E-state index is 0.881. The van der Waals surface area contributed by atoms with Gasteiger partial charge in [0.2, 0.25) is 0 Å². The van der Waals surface area contributed by atoms with Crippen molar-refractivity contribution in [3.8, 4) is 0 Å². The molecular formula is C15H20N3. The summed E-state index contributed by atoms with van der Waals surface area (Å²) in [5.74, 6) is 1.90. The molecule has 1 heterocycles. The third-order valence-corrected chi connectivity index (χ3v) is 3.03. The van der Waals surface area contributed by atoms with Gasteiger partial charge in [0.25, 0.3) is 0 Å². The van der Waals surface area contributed by atoms with Gasteiger partial charge in [0, 0.05) is 12.8 Å². The Hall–Kier alpha value is -1.64. The zero-order chi connectivity index (χ0) is 12.8. The second-order valence-corrected chi connectivity index (χ2v) is 4.53. The van der Waals surface area contributed by atoms with Crippen molar-refractivity contribution in [2.75, 3.05) is 0 Å². The van der Waals surface area contributed by atoms with E-state index in [2.05, 4.69) is 48.3 Å². The van der Waals surface area contributed by atoms with Crippen molar-refractivity contribution in [3.63, 3.8) is 0 Å². The maximum absolute atomic E-state index is 4.55. The molecule has 0 atom stereocenters. The normalized spacial score (nSPS) is 10.8. The van der Waals surface area contributed by atoms with Gasteiger partial charge in [-0.3, -0.25) is 0 Å². The first-order valence-corrected chi connectivity index (χ1v) is 6.59. The lowest BCUT2D eigenvalue weighted by Crippen LogP contribution is -1.97. The molecule has 2 aromatic rings. The number of rotatable bonds is 6. The second kappa shape index (κ2) is 6.34. The summed E-state index contributed by atoms with van der Waals surface area (Å²) in [4.78, 5) is 4.55. The molecule has 3 heteroatoms. The largest absolute Gasteiger partial charge is 0.248 e. The van der Waals surface area contributed by atoms with Crippen LogP contribution in [-0.4, -0.2) is 14.8 Å². The first-order chi connectivity index (χ1) is 8.79. The Bertz CT molecular complexity index is 474. The predicted molar refractivity (Wildman–Crippen MR) is 73.2 cm³/mol. The highest BCUT2D eigenvalue weighted by atomic mass is 15.3.